The summed E-state index contributed by atoms with van der Waals surface area (Å²) in [5, 5.41) is 22.9. The summed E-state index contributed by atoms with van der Waals surface area (Å²) in [6, 6.07) is 16.9. The molecule has 51 heavy (non-hydrogen) atoms. The van der Waals surface area contributed by atoms with Crippen molar-refractivity contribution in [2.45, 2.75) is 63.5 Å². The van der Waals surface area contributed by atoms with Crippen molar-refractivity contribution in [2.75, 3.05) is 18.8 Å². The molecule has 8 rings (SSSR count). The van der Waals surface area contributed by atoms with E-state index in [1.54, 1.807) is 0 Å². The number of anilines is 1. The number of hydrogen-bond acceptors (Lipinski definition) is 8. The fraction of sp³-hybridized carbons (Fsp3) is 0.342. The summed E-state index contributed by atoms with van der Waals surface area (Å²) < 4.78 is 32.1. The molecule has 3 aliphatic rings. The Morgan fingerprint density at radius 3 is 2.57 bits per heavy atom. The molecule has 0 bridgehead atoms. The number of carboxylic acid groups (broad SMARTS) is 1. The van der Waals surface area contributed by atoms with Crippen LogP contribution in [0.3, 0.4) is 0 Å². The molecular weight excluding hydrogens is 656 g/mol. The van der Waals surface area contributed by atoms with Crippen LogP contribution in [0.1, 0.15) is 77.9 Å². The van der Waals surface area contributed by atoms with Crippen LogP contribution in [0.25, 0.3) is 22.5 Å². The minimum absolute atomic E-state index is 0.0107. The van der Waals surface area contributed by atoms with Gasteiger partial charge in [-0.1, -0.05) is 61.3 Å². The van der Waals surface area contributed by atoms with E-state index >= 15 is 0 Å². The number of rotatable bonds is 7. The molecule has 1 unspecified atom stereocenters. The molecule has 3 atom stereocenters. The van der Waals surface area contributed by atoms with Crippen LogP contribution < -0.4 is 11.1 Å². The molecule has 5 N–H and O–H groups in total. The van der Waals surface area contributed by atoms with Gasteiger partial charge in [0, 0.05) is 55.3 Å². The average molecular weight is 696 g/mol. The second-order valence-electron chi connectivity index (χ2n) is 13.5. The zero-order valence-corrected chi connectivity index (χ0v) is 28.1. The Morgan fingerprint density at radius 1 is 1.04 bits per heavy atom. The molecular formula is C38H39F2N7O4. The lowest BCUT2D eigenvalue weighted by molar-refractivity contribution is -0.145. The lowest BCUT2D eigenvalue weighted by atomic mass is 9.90. The number of aromatic nitrogens is 4. The summed E-state index contributed by atoms with van der Waals surface area (Å²) >= 11 is 0. The quantitative estimate of drug-likeness (QED) is 0.143. The predicted molar refractivity (Wildman–Crippen MR) is 186 cm³/mol. The van der Waals surface area contributed by atoms with Gasteiger partial charge in [0.15, 0.2) is 11.5 Å². The zero-order chi connectivity index (χ0) is 35.6. The molecule has 0 spiro atoms. The molecule has 3 heterocycles. The van der Waals surface area contributed by atoms with E-state index in [-0.39, 0.29) is 22.9 Å². The van der Waals surface area contributed by atoms with Crippen molar-refractivity contribution in [3.8, 4) is 22.5 Å². The van der Waals surface area contributed by atoms with Crippen molar-refractivity contribution in [3.63, 3.8) is 0 Å². The number of nitrogens with zero attached hydrogens (tertiary/aromatic N) is 4. The second-order valence-corrected chi connectivity index (χ2v) is 13.5. The number of hydrogen-bond donors (Lipinski definition) is 4. The van der Waals surface area contributed by atoms with Gasteiger partial charge in [0.05, 0.1) is 11.5 Å². The second kappa shape index (κ2) is 14.4. The molecule has 2 aliphatic carbocycles. The van der Waals surface area contributed by atoms with Crippen LogP contribution in [0.15, 0.2) is 71.5 Å². The average Bonchev–Trinajstić information content (AvgIpc) is 3.96. The number of amides is 1. The summed E-state index contributed by atoms with van der Waals surface area (Å²) in [6.45, 7) is 3.22. The molecule has 3 aromatic carbocycles. The Hall–Kier alpha value is -5.43. The number of nitrogen functional groups attached to an aromatic ring is 1. The highest BCUT2D eigenvalue weighted by Crippen LogP contribution is 2.42. The molecule has 11 nitrogen and oxygen atoms in total. The molecule has 0 radical (unpaired) electrons. The van der Waals surface area contributed by atoms with E-state index < -0.39 is 35.5 Å². The maximum atomic E-state index is 13.9. The number of aliphatic carboxylic acids is 1. The third-order valence-corrected chi connectivity index (χ3v) is 10.4. The number of nitrogens with two attached hydrogens (primary N) is 1. The van der Waals surface area contributed by atoms with Gasteiger partial charge < -0.3 is 20.7 Å². The Labute approximate surface area is 293 Å². The summed E-state index contributed by atoms with van der Waals surface area (Å²) in [5.41, 5.74) is 13.5. The Kier molecular flexibility index (Phi) is 9.63. The van der Waals surface area contributed by atoms with Crippen LogP contribution in [0.5, 0.6) is 0 Å². The van der Waals surface area contributed by atoms with Crippen LogP contribution in [-0.2, 0) is 11.2 Å². The standard InChI is InChI=1S/C21H23F2N3O4.C17H16N4/c22-12-5-6-14(16(23)9-12)19-10-18(25-30-19)20(27)24-17-7-8-26(11-15(17)21(28)29)13-3-1-2-4-13;1-10(17-19-9-20-21-17)12-6-7-14-13-5-3-2-4-11(13)8-15(14)16(12)18/h5-6,9-10,13,15,17H,1-4,7-8,11H2,(H,24,27)(H,28,29);2-7,9-10H,8,18H2,1H3,(H,19,20,21)/t15-,17-;/m0./s1. The number of nitrogens with one attached hydrogen (secondary N) is 2. The SMILES string of the molecule is CC(c1ncn[nH]1)c1ccc2c(c1N)Cc1ccccc1-2.O=C(N[C@H]1CCN(C2CCCC2)C[C@@H]1C(=O)O)c1cc(-c2ccc(F)cc2F)on1. The first kappa shape index (κ1) is 34.0. The van der Waals surface area contributed by atoms with Crippen LogP contribution in [0.4, 0.5) is 14.5 Å². The molecule has 264 valence electrons. The van der Waals surface area contributed by atoms with Gasteiger partial charge in [0.25, 0.3) is 5.91 Å². The normalized spacial score (nSPS) is 19.1. The number of likely N-dealkylation sites (tertiary alicyclic amines) is 1. The first-order valence-corrected chi connectivity index (χ1v) is 17.2. The van der Waals surface area contributed by atoms with Crippen molar-refractivity contribution in [3.05, 3.63) is 107 Å². The number of carbonyl (C=O) groups is 2. The highest BCUT2D eigenvalue weighted by atomic mass is 19.1. The molecule has 13 heteroatoms. The maximum Gasteiger partial charge on any atom is 0.309 e. The van der Waals surface area contributed by atoms with E-state index in [0.717, 1.165) is 48.9 Å². The van der Waals surface area contributed by atoms with Crippen molar-refractivity contribution < 1.29 is 28.0 Å². The first-order valence-electron chi connectivity index (χ1n) is 17.2. The summed E-state index contributed by atoms with van der Waals surface area (Å²) in [4.78, 5) is 30.9. The number of halogens is 2. The minimum atomic E-state index is -0.947. The summed E-state index contributed by atoms with van der Waals surface area (Å²) in [7, 11) is 0. The molecule has 5 aromatic rings. The number of aromatic amines is 1. The van der Waals surface area contributed by atoms with Gasteiger partial charge in [0.2, 0.25) is 0 Å². The van der Waals surface area contributed by atoms with E-state index in [9.17, 15) is 23.5 Å². The topological polar surface area (TPSA) is 163 Å². The van der Waals surface area contributed by atoms with Gasteiger partial charge in [-0.2, -0.15) is 5.10 Å². The third kappa shape index (κ3) is 6.98. The Morgan fingerprint density at radius 2 is 1.82 bits per heavy atom. The number of benzene rings is 3. The largest absolute Gasteiger partial charge is 0.481 e. The lowest BCUT2D eigenvalue weighted by Crippen LogP contribution is -2.55. The van der Waals surface area contributed by atoms with E-state index in [0.29, 0.717) is 25.1 Å². The van der Waals surface area contributed by atoms with Crippen LogP contribution in [0, 0.1) is 17.6 Å². The van der Waals surface area contributed by atoms with Gasteiger partial charge in [0.1, 0.15) is 23.8 Å². The fourth-order valence-electron chi connectivity index (χ4n) is 7.64. The van der Waals surface area contributed by atoms with Crippen LogP contribution in [-0.4, -0.2) is 67.4 Å². The number of piperidine rings is 1. The molecule has 2 aromatic heterocycles. The lowest BCUT2D eigenvalue weighted by Gasteiger charge is -2.39. The zero-order valence-electron chi connectivity index (χ0n) is 28.1. The number of carbonyl (C=O) groups excluding carboxylic acids is 1. The smallest absolute Gasteiger partial charge is 0.309 e. The first-order chi connectivity index (χ1) is 24.7. The van der Waals surface area contributed by atoms with Gasteiger partial charge in [-0.3, -0.25) is 19.6 Å². The fourth-order valence-corrected chi connectivity index (χ4v) is 7.64. The molecule has 1 amide bonds. The highest BCUT2D eigenvalue weighted by molar-refractivity contribution is 5.93. The Bertz CT molecular complexity index is 2040. The van der Waals surface area contributed by atoms with E-state index in [1.807, 2.05) is 0 Å². The number of fused-ring (bicyclic) bond motifs is 3. The van der Waals surface area contributed by atoms with Crippen molar-refractivity contribution in [2.24, 2.45) is 5.92 Å². The van der Waals surface area contributed by atoms with E-state index in [1.165, 1.54) is 53.6 Å². The van der Waals surface area contributed by atoms with Crippen molar-refractivity contribution in [1.29, 1.82) is 0 Å². The number of H-pyrrole nitrogens is 1. The monoisotopic (exact) mass is 695 g/mol. The third-order valence-electron chi connectivity index (χ3n) is 10.4. The van der Waals surface area contributed by atoms with Gasteiger partial charge in [-0.25, -0.2) is 13.8 Å². The summed E-state index contributed by atoms with van der Waals surface area (Å²) in [5.74, 6) is -2.86. The molecule has 1 aliphatic heterocycles. The number of carboxylic acids is 1. The van der Waals surface area contributed by atoms with Gasteiger partial charge >= 0.3 is 5.97 Å². The molecule has 2 fully saturated rings. The van der Waals surface area contributed by atoms with Crippen molar-refractivity contribution >= 4 is 17.6 Å². The van der Waals surface area contributed by atoms with Gasteiger partial charge in [-0.15, -0.1) is 0 Å². The molecule has 1 saturated carbocycles. The van der Waals surface area contributed by atoms with E-state index in [2.05, 4.69) is 73.9 Å². The minimum Gasteiger partial charge on any atom is -0.481 e. The maximum absolute atomic E-state index is 13.9. The Balaban J connectivity index is 0.000000169. The predicted octanol–water partition coefficient (Wildman–Crippen LogP) is 6.18. The highest BCUT2D eigenvalue weighted by Gasteiger charge is 2.38. The van der Waals surface area contributed by atoms with Crippen LogP contribution >= 0.6 is 0 Å². The van der Waals surface area contributed by atoms with E-state index in [4.69, 9.17) is 10.3 Å². The summed E-state index contributed by atoms with van der Waals surface area (Å²) in [6.07, 6.45) is 7.48. The van der Waals surface area contributed by atoms with Crippen molar-refractivity contribution in [1.82, 2.24) is 30.6 Å². The van der Waals surface area contributed by atoms with Crippen LogP contribution in [0.2, 0.25) is 0 Å². The molecule has 1 saturated heterocycles. The van der Waals surface area contributed by atoms with Gasteiger partial charge in [-0.05, 0) is 59.2 Å².